The number of nitrogens with zero attached hydrogens (tertiary/aromatic N) is 2. The van der Waals surface area contributed by atoms with Crippen LogP contribution in [0.3, 0.4) is 0 Å². The standard InChI is InChI=1S/C15H16N4O/c1-16-14-8-4-5-11(17-14)9-19-10-15(20)18-12-6-2-3-7-13(12)19/h2-8H,9-10H2,1H3,(H,16,17)(H,18,20). The number of hydrogen-bond acceptors (Lipinski definition) is 4. The first-order chi connectivity index (χ1) is 9.76. The third-order valence-electron chi connectivity index (χ3n) is 3.27. The van der Waals surface area contributed by atoms with Gasteiger partial charge in [0.15, 0.2) is 0 Å². The number of fused-ring (bicyclic) bond motifs is 1. The first-order valence-electron chi connectivity index (χ1n) is 6.54. The van der Waals surface area contributed by atoms with E-state index in [9.17, 15) is 4.79 Å². The fraction of sp³-hybridized carbons (Fsp3) is 0.200. The Hall–Kier alpha value is -2.56. The highest BCUT2D eigenvalue weighted by Gasteiger charge is 2.21. The van der Waals surface area contributed by atoms with Gasteiger partial charge in [0.25, 0.3) is 0 Å². The molecular weight excluding hydrogens is 252 g/mol. The molecule has 2 N–H and O–H groups in total. The third kappa shape index (κ3) is 2.42. The van der Waals surface area contributed by atoms with Gasteiger partial charge in [-0.05, 0) is 24.3 Å². The van der Waals surface area contributed by atoms with E-state index in [1.54, 1.807) is 0 Å². The van der Waals surface area contributed by atoms with Crippen LogP contribution >= 0.6 is 0 Å². The number of carbonyl (C=O) groups is 1. The van der Waals surface area contributed by atoms with Crippen LogP contribution in [0.2, 0.25) is 0 Å². The molecule has 1 aliphatic heterocycles. The van der Waals surface area contributed by atoms with E-state index in [0.717, 1.165) is 22.9 Å². The van der Waals surface area contributed by atoms with Gasteiger partial charge in [0.2, 0.25) is 5.91 Å². The lowest BCUT2D eigenvalue weighted by Gasteiger charge is -2.30. The number of hydrogen-bond donors (Lipinski definition) is 2. The highest BCUT2D eigenvalue weighted by Crippen LogP contribution is 2.29. The minimum atomic E-state index is 0.00784. The van der Waals surface area contributed by atoms with Crippen LogP contribution in [-0.2, 0) is 11.3 Å². The van der Waals surface area contributed by atoms with Crippen LogP contribution in [-0.4, -0.2) is 24.5 Å². The molecule has 2 aromatic rings. The van der Waals surface area contributed by atoms with E-state index >= 15 is 0 Å². The van der Waals surface area contributed by atoms with Gasteiger partial charge in [-0.2, -0.15) is 0 Å². The molecule has 1 aromatic carbocycles. The van der Waals surface area contributed by atoms with Crippen LogP contribution in [0.5, 0.6) is 0 Å². The summed E-state index contributed by atoms with van der Waals surface area (Å²) in [5, 5.41) is 5.91. The number of benzene rings is 1. The lowest BCUT2D eigenvalue weighted by molar-refractivity contribution is -0.115. The molecule has 0 saturated carbocycles. The number of pyridine rings is 1. The molecule has 5 heteroatoms. The molecular formula is C15H16N4O. The second-order valence-corrected chi connectivity index (χ2v) is 4.69. The number of anilines is 3. The molecule has 0 radical (unpaired) electrons. The average Bonchev–Trinajstić information content (AvgIpc) is 2.47. The first-order valence-corrected chi connectivity index (χ1v) is 6.54. The summed E-state index contributed by atoms with van der Waals surface area (Å²) in [7, 11) is 1.84. The van der Waals surface area contributed by atoms with Gasteiger partial charge < -0.3 is 15.5 Å². The minimum absolute atomic E-state index is 0.00784. The number of aromatic nitrogens is 1. The molecule has 0 bridgehead atoms. The van der Waals surface area contributed by atoms with Gasteiger partial charge in [0.1, 0.15) is 5.82 Å². The Balaban J connectivity index is 1.88. The normalized spacial score (nSPS) is 13.7. The van der Waals surface area contributed by atoms with Gasteiger partial charge in [-0.3, -0.25) is 4.79 Å². The fourth-order valence-corrected chi connectivity index (χ4v) is 2.35. The van der Waals surface area contributed by atoms with Crippen molar-refractivity contribution in [3.63, 3.8) is 0 Å². The van der Waals surface area contributed by atoms with Gasteiger partial charge in [-0.25, -0.2) is 4.98 Å². The Morgan fingerprint density at radius 3 is 2.95 bits per heavy atom. The van der Waals surface area contributed by atoms with E-state index in [0.29, 0.717) is 13.1 Å². The zero-order chi connectivity index (χ0) is 13.9. The molecule has 0 atom stereocenters. The van der Waals surface area contributed by atoms with Crippen LogP contribution in [0.1, 0.15) is 5.69 Å². The topological polar surface area (TPSA) is 57.3 Å². The molecule has 20 heavy (non-hydrogen) atoms. The lowest BCUT2D eigenvalue weighted by Crippen LogP contribution is -2.37. The summed E-state index contributed by atoms with van der Waals surface area (Å²) in [4.78, 5) is 18.3. The number of amides is 1. The van der Waals surface area contributed by atoms with Crippen LogP contribution < -0.4 is 15.5 Å². The largest absolute Gasteiger partial charge is 0.373 e. The molecule has 0 saturated heterocycles. The lowest BCUT2D eigenvalue weighted by atomic mass is 10.2. The third-order valence-corrected chi connectivity index (χ3v) is 3.27. The first kappa shape index (κ1) is 12.5. The number of nitrogens with one attached hydrogen (secondary N) is 2. The quantitative estimate of drug-likeness (QED) is 0.895. The molecule has 3 rings (SSSR count). The van der Waals surface area contributed by atoms with E-state index < -0.39 is 0 Å². The fourth-order valence-electron chi connectivity index (χ4n) is 2.35. The Morgan fingerprint density at radius 1 is 1.25 bits per heavy atom. The molecule has 102 valence electrons. The molecule has 1 aromatic heterocycles. The highest BCUT2D eigenvalue weighted by molar-refractivity contribution is 6.01. The van der Waals surface area contributed by atoms with E-state index in [4.69, 9.17) is 0 Å². The summed E-state index contributed by atoms with van der Waals surface area (Å²) >= 11 is 0. The summed E-state index contributed by atoms with van der Waals surface area (Å²) in [5.74, 6) is 0.839. The van der Waals surface area contributed by atoms with Crippen LogP contribution in [0.25, 0.3) is 0 Å². The van der Waals surface area contributed by atoms with Crippen LogP contribution in [0, 0.1) is 0 Å². The van der Waals surface area contributed by atoms with Crippen molar-refractivity contribution >= 4 is 23.1 Å². The van der Waals surface area contributed by atoms with E-state index in [2.05, 4.69) is 15.6 Å². The van der Waals surface area contributed by atoms with Crippen molar-refractivity contribution in [2.24, 2.45) is 0 Å². The predicted molar refractivity (Wildman–Crippen MR) is 79.9 cm³/mol. The summed E-state index contributed by atoms with van der Waals surface area (Å²) in [6, 6.07) is 13.7. The zero-order valence-corrected chi connectivity index (χ0v) is 11.3. The SMILES string of the molecule is CNc1cccc(CN2CC(=O)Nc3ccccc32)n1. The Labute approximate surface area is 117 Å². The van der Waals surface area contributed by atoms with Gasteiger partial charge in [0.05, 0.1) is 30.2 Å². The number of para-hydroxylation sites is 2. The van der Waals surface area contributed by atoms with Gasteiger partial charge in [-0.15, -0.1) is 0 Å². The summed E-state index contributed by atoms with van der Waals surface area (Å²) in [6.45, 7) is 0.961. The monoisotopic (exact) mass is 268 g/mol. The smallest absolute Gasteiger partial charge is 0.243 e. The zero-order valence-electron chi connectivity index (χ0n) is 11.3. The summed E-state index contributed by atoms with van der Waals surface area (Å²) in [5.41, 5.74) is 2.82. The van der Waals surface area contributed by atoms with E-state index in [1.807, 2.05) is 54.4 Å². The Bertz CT molecular complexity index is 641. The maximum absolute atomic E-state index is 11.8. The second-order valence-electron chi connectivity index (χ2n) is 4.69. The molecule has 0 spiro atoms. The predicted octanol–water partition coefficient (Wildman–Crippen LogP) is 2.08. The molecule has 1 amide bonds. The van der Waals surface area contributed by atoms with Gasteiger partial charge >= 0.3 is 0 Å². The number of carbonyl (C=O) groups excluding carboxylic acids is 1. The number of rotatable bonds is 3. The molecule has 2 heterocycles. The van der Waals surface area contributed by atoms with Crippen molar-refractivity contribution < 1.29 is 4.79 Å². The second kappa shape index (κ2) is 5.21. The van der Waals surface area contributed by atoms with Crippen molar-refractivity contribution in [1.29, 1.82) is 0 Å². The molecule has 0 fully saturated rings. The molecule has 1 aliphatic rings. The summed E-state index contributed by atoms with van der Waals surface area (Å²) in [6.07, 6.45) is 0. The highest BCUT2D eigenvalue weighted by atomic mass is 16.2. The van der Waals surface area contributed by atoms with Crippen molar-refractivity contribution in [2.45, 2.75) is 6.54 Å². The van der Waals surface area contributed by atoms with Gasteiger partial charge in [0, 0.05) is 7.05 Å². The van der Waals surface area contributed by atoms with Crippen molar-refractivity contribution in [3.8, 4) is 0 Å². The van der Waals surface area contributed by atoms with Gasteiger partial charge in [-0.1, -0.05) is 18.2 Å². The molecule has 5 nitrogen and oxygen atoms in total. The molecule has 0 unspecified atom stereocenters. The maximum atomic E-state index is 11.8. The maximum Gasteiger partial charge on any atom is 0.243 e. The summed E-state index contributed by atoms with van der Waals surface area (Å²) < 4.78 is 0. The van der Waals surface area contributed by atoms with Crippen molar-refractivity contribution in [3.05, 3.63) is 48.2 Å². The van der Waals surface area contributed by atoms with Crippen molar-refractivity contribution in [2.75, 3.05) is 29.1 Å². The molecule has 0 aliphatic carbocycles. The van der Waals surface area contributed by atoms with Crippen LogP contribution in [0.15, 0.2) is 42.5 Å². The van der Waals surface area contributed by atoms with E-state index in [-0.39, 0.29) is 5.91 Å². The van der Waals surface area contributed by atoms with Crippen molar-refractivity contribution in [1.82, 2.24) is 4.98 Å². The Kier molecular flexibility index (Phi) is 3.25. The minimum Gasteiger partial charge on any atom is -0.373 e. The average molecular weight is 268 g/mol. The van der Waals surface area contributed by atoms with E-state index in [1.165, 1.54) is 0 Å². The Morgan fingerprint density at radius 2 is 2.10 bits per heavy atom. The van der Waals surface area contributed by atoms with Crippen LogP contribution in [0.4, 0.5) is 17.2 Å².